The second-order valence-corrected chi connectivity index (χ2v) is 24.9. The lowest BCUT2D eigenvalue weighted by molar-refractivity contribution is 0.572. The topological polar surface area (TPSA) is 32.8 Å². The van der Waals surface area contributed by atoms with Gasteiger partial charge in [0.1, 0.15) is 11.2 Å². The predicted molar refractivity (Wildman–Crippen MR) is 290 cm³/mol. The number of furan rings is 2. The summed E-state index contributed by atoms with van der Waals surface area (Å²) in [6.07, 6.45) is 0. The Bertz CT molecular complexity index is 3660. The summed E-state index contributed by atoms with van der Waals surface area (Å²) in [5.41, 5.74) is 16.8. The molecular formula is C62H49BN2O2Si. The summed E-state index contributed by atoms with van der Waals surface area (Å²) < 4.78 is 14.5. The number of hydrogen-bond acceptors (Lipinski definition) is 4. The summed E-state index contributed by atoms with van der Waals surface area (Å²) in [5.74, 6) is 0. The van der Waals surface area contributed by atoms with Crippen LogP contribution in [0.1, 0.15) is 52.7 Å². The predicted octanol–water partition coefficient (Wildman–Crippen LogP) is 11.9. The molecule has 0 saturated carbocycles. The lowest BCUT2D eigenvalue weighted by Gasteiger charge is -2.51. The van der Waals surface area contributed by atoms with E-state index in [1.54, 1.807) is 0 Å². The summed E-state index contributed by atoms with van der Waals surface area (Å²) in [4.78, 5) is 5.08. The number of fused-ring (bicyclic) bond motifs is 6. The van der Waals surface area contributed by atoms with E-state index in [1.807, 2.05) is 0 Å². The van der Waals surface area contributed by atoms with Crippen LogP contribution in [0.4, 0.5) is 34.1 Å². The summed E-state index contributed by atoms with van der Waals surface area (Å²) in [7, 11) is -3.03. The molecule has 4 nitrogen and oxygen atoms in total. The lowest BCUT2D eigenvalue weighted by atomic mass is 9.33. The largest absolute Gasteiger partial charge is 0.454 e. The standard InChI is InChI=1S/C62H49BN2O2Si/c1-61(2,3)44-28-13-24-40-42-26-15-34-50(59(42)66-57(40)44)64-46-30-17-31-47-54(46)63-55-48(64)32-18-36-52(55)68(38-20-9-7-10-21-38,39-22-11-8-12-23-39)53-37-19-33-49(56(53)63)65(47)51-35-16-27-43-41-25-14-29-45(62(4,5)6)58(41)67-60(43)51/h7-37H,1-6H3. The average molecular weight is 893 g/mol. The first-order valence-electron chi connectivity index (χ1n) is 24.1. The molecule has 6 heteroatoms. The van der Waals surface area contributed by atoms with Crippen LogP contribution in [0.5, 0.6) is 0 Å². The van der Waals surface area contributed by atoms with Crippen LogP contribution in [0.2, 0.25) is 0 Å². The van der Waals surface area contributed by atoms with Crippen molar-refractivity contribution in [1.29, 1.82) is 0 Å². The molecule has 68 heavy (non-hydrogen) atoms. The molecule has 0 aliphatic carbocycles. The molecule has 5 heterocycles. The highest BCUT2D eigenvalue weighted by atomic mass is 28.3. The molecule has 3 aliphatic heterocycles. The number of anilines is 6. The Kier molecular flexibility index (Phi) is 8.02. The number of para-hydroxylation sites is 4. The van der Waals surface area contributed by atoms with Crippen molar-refractivity contribution in [3.63, 3.8) is 0 Å². The van der Waals surface area contributed by atoms with Crippen LogP contribution in [-0.2, 0) is 10.8 Å². The first kappa shape index (κ1) is 39.6. The van der Waals surface area contributed by atoms with Gasteiger partial charge in [-0.1, -0.05) is 193 Å². The summed E-state index contributed by atoms with van der Waals surface area (Å²) >= 11 is 0. The van der Waals surface area contributed by atoms with Gasteiger partial charge >= 0.3 is 0 Å². The van der Waals surface area contributed by atoms with Crippen molar-refractivity contribution in [1.82, 2.24) is 0 Å². The van der Waals surface area contributed by atoms with Crippen LogP contribution in [0.15, 0.2) is 197 Å². The molecule has 0 amide bonds. The molecule has 11 aromatic rings. The first-order chi connectivity index (χ1) is 33.0. The van der Waals surface area contributed by atoms with Crippen LogP contribution >= 0.6 is 0 Å². The molecular weight excluding hydrogens is 844 g/mol. The monoisotopic (exact) mass is 892 g/mol. The number of hydrogen-bond donors (Lipinski definition) is 0. The second kappa shape index (κ2) is 13.8. The maximum Gasteiger partial charge on any atom is 0.251 e. The fourth-order valence-electron chi connectivity index (χ4n) is 12.6. The highest BCUT2D eigenvalue weighted by molar-refractivity contribution is 7.27. The van der Waals surface area contributed by atoms with E-state index in [2.05, 4.69) is 239 Å². The summed E-state index contributed by atoms with van der Waals surface area (Å²) in [6.45, 7) is 13.6. The quantitative estimate of drug-likeness (QED) is 0.165. The molecule has 2 aromatic heterocycles. The smallest absolute Gasteiger partial charge is 0.251 e. The van der Waals surface area contributed by atoms with Crippen molar-refractivity contribution in [2.45, 2.75) is 52.4 Å². The molecule has 0 bridgehead atoms. The van der Waals surface area contributed by atoms with E-state index in [1.165, 1.54) is 59.6 Å². The maximum absolute atomic E-state index is 7.25. The van der Waals surface area contributed by atoms with Gasteiger partial charge in [-0.3, -0.25) is 0 Å². The second-order valence-electron chi connectivity index (χ2n) is 21.1. The van der Waals surface area contributed by atoms with E-state index in [4.69, 9.17) is 8.83 Å². The van der Waals surface area contributed by atoms with Crippen LogP contribution in [0.3, 0.4) is 0 Å². The third-order valence-electron chi connectivity index (χ3n) is 15.4. The van der Waals surface area contributed by atoms with Crippen LogP contribution in [-0.4, -0.2) is 14.8 Å². The molecule has 9 aromatic carbocycles. The van der Waals surface area contributed by atoms with Gasteiger partial charge in [0.15, 0.2) is 19.2 Å². The molecule has 0 fully saturated rings. The van der Waals surface area contributed by atoms with Gasteiger partial charge in [0.2, 0.25) is 0 Å². The number of nitrogens with zero attached hydrogens (tertiary/aromatic N) is 2. The minimum atomic E-state index is -3.03. The summed E-state index contributed by atoms with van der Waals surface area (Å²) in [5, 5.41) is 10.1. The van der Waals surface area contributed by atoms with Gasteiger partial charge in [-0.15, -0.1) is 0 Å². The van der Waals surface area contributed by atoms with Gasteiger partial charge in [-0.25, -0.2) is 0 Å². The van der Waals surface area contributed by atoms with Crippen molar-refractivity contribution in [2.75, 3.05) is 9.80 Å². The Hall–Kier alpha value is -7.54. The van der Waals surface area contributed by atoms with E-state index >= 15 is 0 Å². The highest BCUT2D eigenvalue weighted by Gasteiger charge is 2.56. The highest BCUT2D eigenvalue weighted by Crippen LogP contribution is 2.50. The van der Waals surface area contributed by atoms with Crippen molar-refractivity contribution in [2.24, 2.45) is 0 Å². The van der Waals surface area contributed by atoms with E-state index in [0.29, 0.717) is 0 Å². The first-order valence-corrected chi connectivity index (χ1v) is 26.1. The minimum Gasteiger partial charge on any atom is -0.454 e. The normalized spacial score (nSPS) is 14.6. The zero-order valence-electron chi connectivity index (χ0n) is 39.2. The van der Waals surface area contributed by atoms with Crippen LogP contribution in [0.25, 0.3) is 43.9 Å². The Morgan fingerprint density at radius 1 is 0.338 bits per heavy atom. The molecule has 0 spiro atoms. The number of rotatable bonds is 4. The Labute approximate surface area is 398 Å². The van der Waals surface area contributed by atoms with E-state index in [9.17, 15) is 0 Å². The van der Waals surface area contributed by atoms with Crippen molar-refractivity contribution < 1.29 is 8.83 Å². The molecule has 0 radical (unpaired) electrons. The van der Waals surface area contributed by atoms with E-state index in [0.717, 1.165) is 66.6 Å². The lowest BCUT2D eigenvalue weighted by Crippen LogP contribution is -2.88. The molecule has 14 rings (SSSR count). The summed E-state index contributed by atoms with van der Waals surface area (Å²) in [6, 6.07) is 70.8. The van der Waals surface area contributed by atoms with Gasteiger partial charge in [-0.05, 0) is 84.4 Å². The molecule has 0 saturated heterocycles. The molecule has 3 aliphatic rings. The van der Waals surface area contributed by atoms with E-state index < -0.39 is 8.07 Å². The Balaban J connectivity index is 1.14. The zero-order valence-corrected chi connectivity index (χ0v) is 40.2. The van der Waals surface area contributed by atoms with Crippen LogP contribution < -0.4 is 46.9 Å². The van der Waals surface area contributed by atoms with E-state index in [-0.39, 0.29) is 17.5 Å². The minimum absolute atomic E-state index is 0.0242. The van der Waals surface area contributed by atoms with Gasteiger partial charge < -0.3 is 18.6 Å². The van der Waals surface area contributed by atoms with Crippen molar-refractivity contribution in [3.05, 3.63) is 199 Å². The van der Waals surface area contributed by atoms with Gasteiger partial charge in [0.25, 0.3) is 6.71 Å². The van der Waals surface area contributed by atoms with Gasteiger partial charge in [0, 0.05) is 55.4 Å². The Morgan fingerprint density at radius 2 is 0.676 bits per heavy atom. The molecule has 0 atom stereocenters. The van der Waals surface area contributed by atoms with Crippen molar-refractivity contribution >= 4 is 130 Å². The molecule has 0 N–H and O–H groups in total. The van der Waals surface area contributed by atoms with Gasteiger partial charge in [0.05, 0.1) is 11.4 Å². The third-order valence-corrected chi connectivity index (χ3v) is 20.3. The van der Waals surface area contributed by atoms with Crippen LogP contribution in [0, 0.1) is 0 Å². The van der Waals surface area contributed by atoms with Gasteiger partial charge in [-0.2, -0.15) is 0 Å². The van der Waals surface area contributed by atoms with Crippen molar-refractivity contribution in [3.8, 4) is 0 Å². The SMILES string of the molecule is CC(C)(C)c1cccc2c1oc1c(N3c4cccc5c4B4c6c3cccc6[Si](c3ccccc3)(c3ccccc3)c3cccc(c34)N5c3cccc4c3oc3c(C(C)(C)C)cccc34)cccc12. The Morgan fingerprint density at radius 3 is 1.09 bits per heavy atom. The third kappa shape index (κ3) is 5.10. The zero-order chi connectivity index (χ0) is 45.8. The number of benzene rings is 9. The molecule has 0 unspecified atom stereocenters. The molecule has 326 valence electrons. The fraction of sp³-hybridized carbons (Fsp3) is 0.129. The maximum atomic E-state index is 7.25. The average Bonchev–Trinajstić information content (AvgIpc) is 3.94. The fourth-order valence-corrected chi connectivity index (χ4v) is 17.9.